The summed E-state index contributed by atoms with van der Waals surface area (Å²) < 4.78 is 35.6. The van der Waals surface area contributed by atoms with Crippen molar-refractivity contribution >= 4 is 9.84 Å². The number of halogens is 1. The van der Waals surface area contributed by atoms with Crippen LogP contribution in [0.3, 0.4) is 0 Å². The molecular formula is C12H18FNO3S. The molecule has 0 aliphatic carbocycles. The van der Waals surface area contributed by atoms with Gasteiger partial charge >= 0.3 is 0 Å². The highest BCUT2D eigenvalue weighted by Gasteiger charge is 2.24. The average molecular weight is 275 g/mol. The minimum Gasteiger partial charge on any atom is -0.385 e. The van der Waals surface area contributed by atoms with Crippen molar-refractivity contribution in [2.75, 3.05) is 11.5 Å². The molecule has 0 aliphatic heterocycles. The van der Waals surface area contributed by atoms with Gasteiger partial charge < -0.3 is 5.11 Å². The standard InChI is InChI=1S/C12H18FNO3S/c1-3-18(16,17)6-4-5-12(2,15)10-7-11(13)9-14-8-10/h7-9,15H,3-6H2,1-2H3. The lowest BCUT2D eigenvalue weighted by molar-refractivity contribution is 0.0465. The Balaban J connectivity index is 2.66. The molecule has 0 saturated carbocycles. The molecule has 0 spiro atoms. The van der Waals surface area contributed by atoms with Gasteiger partial charge in [-0.05, 0) is 25.8 Å². The third-order valence-electron chi connectivity index (χ3n) is 2.89. The highest BCUT2D eigenvalue weighted by atomic mass is 32.2. The lowest BCUT2D eigenvalue weighted by Gasteiger charge is -2.23. The molecular weight excluding hydrogens is 257 g/mol. The van der Waals surface area contributed by atoms with E-state index in [1.54, 1.807) is 6.92 Å². The van der Waals surface area contributed by atoms with Crippen molar-refractivity contribution in [1.82, 2.24) is 4.98 Å². The van der Waals surface area contributed by atoms with Crippen molar-refractivity contribution in [3.63, 3.8) is 0 Å². The highest BCUT2D eigenvalue weighted by Crippen LogP contribution is 2.25. The SMILES string of the molecule is CCS(=O)(=O)CCCC(C)(O)c1cncc(F)c1. The summed E-state index contributed by atoms with van der Waals surface area (Å²) in [4.78, 5) is 3.67. The van der Waals surface area contributed by atoms with E-state index in [-0.39, 0.29) is 17.9 Å². The van der Waals surface area contributed by atoms with Crippen LogP contribution >= 0.6 is 0 Å². The molecule has 1 unspecified atom stereocenters. The molecule has 0 bridgehead atoms. The molecule has 18 heavy (non-hydrogen) atoms. The fourth-order valence-corrected chi connectivity index (χ4v) is 2.50. The van der Waals surface area contributed by atoms with Crippen LogP contribution in [0.2, 0.25) is 0 Å². The minimum atomic E-state index is -3.03. The molecule has 0 fully saturated rings. The second-order valence-electron chi connectivity index (χ2n) is 4.51. The van der Waals surface area contributed by atoms with Crippen molar-refractivity contribution in [2.24, 2.45) is 0 Å². The number of rotatable bonds is 6. The van der Waals surface area contributed by atoms with E-state index < -0.39 is 21.3 Å². The molecule has 1 atom stereocenters. The van der Waals surface area contributed by atoms with E-state index in [0.29, 0.717) is 12.0 Å². The minimum absolute atomic E-state index is 0.0302. The van der Waals surface area contributed by atoms with Crippen LogP contribution in [0.1, 0.15) is 32.3 Å². The number of hydrogen-bond donors (Lipinski definition) is 1. The molecule has 0 radical (unpaired) electrons. The molecule has 4 nitrogen and oxygen atoms in total. The largest absolute Gasteiger partial charge is 0.385 e. The van der Waals surface area contributed by atoms with Gasteiger partial charge in [0.2, 0.25) is 0 Å². The quantitative estimate of drug-likeness (QED) is 0.857. The van der Waals surface area contributed by atoms with Gasteiger partial charge in [-0.25, -0.2) is 12.8 Å². The van der Waals surface area contributed by atoms with Gasteiger partial charge in [0, 0.05) is 17.5 Å². The average Bonchev–Trinajstić information content (AvgIpc) is 2.28. The molecule has 1 rings (SSSR count). The number of sulfone groups is 1. The second kappa shape index (κ2) is 5.75. The molecule has 1 heterocycles. The molecule has 0 aliphatic rings. The van der Waals surface area contributed by atoms with E-state index in [0.717, 1.165) is 6.20 Å². The smallest absolute Gasteiger partial charge is 0.150 e. The van der Waals surface area contributed by atoms with Gasteiger partial charge in [0.25, 0.3) is 0 Å². The zero-order chi connectivity index (χ0) is 13.8. The topological polar surface area (TPSA) is 67.3 Å². The Kier molecular flexibility index (Phi) is 4.81. The van der Waals surface area contributed by atoms with E-state index in [2.05, 4.69) is 4.98 Å². The summed E-state index contributed by atoms with van der Waals surface area (Å²) in [5.74, 6) is -0.395. The maximum atomic E-state index is 13.0. The van der Waals surface area contributed by atoms with Crippen molar-refractivity contribution < 1.29 is 17.9 Å². The fourth-order valence-electron chi connectivity index (χ4n) is 1.63. The predicted octanol–water partition coefficient (Wildman–Crippen LogP) is 1.64. The summed E-state index contributed by atoms with van der Waals surface area (Å²) in [6.07, 6.45) is 3.02. The van der Waals surface area contributed by atoms with Crippen LogP contribution in [-0.2, 0) is 15.4 Å². The monoisotopic (exact) mass is 275 g/mol. The molecule has 1 aromatic rings. The van der Waals surface area contributed by atoms with Gasteiger partial charge in [-0.1, -0.05) is 6.92 Å². The second-order valence-corrected chi connectivity index (χ2v) is 6.98. The number of pyridine rings is 1. The van der Waals surface area contributed by atoms with Gasteiger partial charge in [0.05, 0.1) is 17.6 Å². The van der Waals surface area contributed by atoms with Gasteiger partial charge in [-0.3, -0.25) is 4.98 Å². The van der Waals surface area contributed by atoms with Crippen molar-refractivity contribution in [1.29, 1.82) is 0 Å². The Labute approximate surface area is 107 Å². The summed E-state index contributed by atoms with van der Waals surface area (Å²) >= 11 is 0. The van der Waals surface area contributed by atoms with Crippen LogP contribution in [0.4, 0.5) is 4.39 Å². The molecule has 0 saturated heterocycles. The number of nitrogens with zero attached hydrogens (tertiary/aromatic N) is 1. The fraction of sp³-hybridized carbons (Fsp3) is 0.583. The number of aliphatic hydroxyl groups is 1. The van der Waals surface area contributed by atoms with Crippen LogP contribution in [0.15, 0.2) is 18.5 Å². The summed E-state index contributed by atoms with van der Waals surface area (Å²) in [6.45, 7) is 3.12. The molecule has 0 amide bonds. The first-order valence-corrected chi connectivity index (χ1v) is 7.63. The van der Waals surface area contributed by atoms with Crippen molar-refractivity contribution in [3.05, 3.63) is 29.8 Å². The molecule has 1 aromatic heterocycles. The van der Waals surface area contributed by atoms with Crippen LogP contribution < -0.4 is 0 Å². The zero-order valence-electron chi connectivity index (χ0n) is 10.6. The Morgan fingerprint density at radius 2 is 2.11 bits per heavy atom. The summed E-state index contributed by atoms with van der Waals surface area (Å²) in [7, 11) is -3.03. The summed E-state index contributed by atoms with van der Waals surface area (Å²) in [6, 6.07) is 1.21. The van der Waals surface area contributed by atoms with E-state index >= 15 is 0 Å². The Morgan fingerprint density at radius 3 is 2.67 bits per heavy atom. The molecule has 6 heteroatoms. The van der Waals surface area contributed by atoms with Gasteiger partial charge in [0.15, 0.2) is 0 Å². The first-order valence-electron chi connectivity index (χ1n) is 5.81. The maximum Gasteiger partial charge on any atom is 0.150 e. The zero-order valence-corrected chi connectivity index (χ0v) is 11.4. The Hall–Kier alpha value is -1.01. The van der Waals surface area contributed by atoms with Gasteiger partial charge in [-0.15, -0.1) is 0 Å². The summed E-state index contributed by atoms with van der Waals surface area (Å²) in [5.41, 5.74) is -0.908. The van der Waals surface area contributed by atoms with Crippen LogP contribution in [-0.4, -0.2) is 30.0 Å². The molecule has 102 valence electrons. The Bertz CT molecular complexity index is 500. The first kappa shape index (κ1) is 15.0. The van der Waals surface area contributed by atoms with Gasteiger partial charge in [-0.2, -0.15) is 0 Å². The number of hydrogen-bond acceptors (Lipinski definition) is 4. The third-order valence-corrected chi connectivity index (χ3v) is 4.68. The number of aromatic nitrogens is 1. The van der Waals surface area contributed by atoms with E-state index in [1.807, 2.05) is 0 Å². The van der Waals surface area contributed by atoms with Crippen molar-refractivity contribution in [2.45, 2.75) is 32.3 Å². The van der Waals surface area contributed by atoms with E-state index in [9.17, 15) is 17.9 Å². The van der Waals surface area contributed by atoms with E-state index in [4.69, 9.17) is 0 Å². The molecule has 0 aromatic carbocycles. The predicted molar refractivity (Wildman–Crippen MR) is 67.3 cm³/mol. The highest BCUT2D eigenvalue weighted by molar-refractivity contribution is 7.91. The Morgan fingerprint density at radius 1 is 1.44 bits per heavy atom. The van der Waals surface area contributed by atoms with E-state index in [1.165, 1.54) is 19.2 Å². The third kappa shape index (κ3) is 4.34. The lowest BCUT2D eigenvalue weighted by Crippen LogP contribution is -2.23. The van der Waals surface area contributed by atoms with Crippen LogP contribution in [0.5, 0.6) is 0 Å². The normalized spacial score (nSPS) is 15.3. The van der Waals surface area contributed by atoms with Gasteiger partial charge in [0.1, 0.15) is 15.7 Å². The molecule has 1 N–H and O–H groups in total. The van der Waals surface area contributed by atoms with Crippen LogP contribution in [0, 0.1) is 5.82 Å². The maximum absolute atomic E-state index is 13.0. The summed E-state index contributed by atoms with van der Waals surface area (Å²) in [5, 5.41) is 10.2. The van der Waals surface area contributed by atoms with Crippen LogP contribution in [0.25, 0.3) is 0 Å². The first-order chi connectivity index (χ1) is 8.27. The van der Waals surface area contributed by atoms with Crippen molar-refractivity contribution in [3.8, 4) is 0 Å². The lowest BCUT2D eigenvalue weighted by atomic mass is 9.93.